The van der Waals surface area contributed by atoms with Crippen LogP contribution in [-0.2, 0) is 27.3 Å². The van der Waals surface area contributed by atoms with Crippen LogP contribution in [-0.4, -0.2) is 62.3 Å². The van der Waals surface area contributed by atoms with Gasteiger partial charge in [0.15, 0.2) is 0 Å². The minimum absolute atomic E-state index is 0.0608. The van der Waals surface area contributed by atoms with Gasteiger partial charge in [0.05, 0.1) is 11.2 Å². The van der Waals surface area contributed by atoms with Crippen LogP contribution < -0.4 is 10.6 Å². The fraction of sp³-hybridized carbons (Fsp3) is 0.621. The number of hydrogen-bond donors (Lipinski definition) is 2. The van der Waals surface area contributed by atoms with Crippen molar-refractivity contribution in [2.75, 3.05) is 18.4 Å². The molecular weight excluding hydrogens is 532 g/mol. The molecule has 4 heterocycles. The maximum absolute atomic E-state index is 13.2. The number of anilines is 1. The monoisotopic (exact) mass is 570 g/mol. The highest BCUT2D eigenvalue weighted by atomic mass is 35.5. The summed E-state index contributed by atoms with van der Waals surface area (Å²) in [6.07, 6.45) is 5.14. The van der Waals surface area contributed by atoms with E-state index in [0.29, 0.717) is 36.8 Å². The summed E-state index contributed by atoms with van der Waals surface area (Å²) in [4.78, 5) is 44.4. The maximum atomic E-state index is 13.2. The van der Waals surface area contributed by atoms with Crippen LogP contribution in [0.1, 0.15) is 60.1 Å². The zero-order valence-electron chi connectivity index (χ0n) is 24.1. The van der Waals surface area contributed by atoms with Crippen molar-refractivity contribution in [3.05, 3.63) is 29.2 Å². The first-order chi connectivity index (χ1) is 18.7. The molecule has 40 heavy (non-hydrogen) atoms. The van der Waals surface area contributed by atoms with Crippen molar-refractivity contribution in [1.29, 1.82) is 0 Å². The smallest absolute Gasteiger partial charge is 0.408 e. The quantitative estimate of drug-likeness (QED) is 0.546. The topological polar surface area (TPSA) is 118 Å². The van der Waals surface area contributed by atoms with E-state index in [-0.39, 0.29) is 35.0 Å². The highest BCUT2D eigenvalue weighted by Gasteiger charge is 2.45. The second-order valence-electron chi connectivity index (χ2n) is 13.3. The number of halogens is 1. The minimum Gasteiger partial charge on any atom is -0.444 e. The fourth-order valence-electron chi connectivity index (χ4n) is 6.33. The average molecular weight is 571 g/mol. The van der Waals surface area contributed by atoms with E-state index in [9.17, 15) is 14.4 Å². The molecule has 1 saturated carbocycles. The number of carbonyl (C=O) groups excluding carboxylic acids is 3. The number of rotatable bonds is 5. The predicted molar refractivity (Wildman–Crippen MR) is 152 cm³/mol. The molecule has 0 bridgehead atoms. The number of ether oxygens (including phenoxy) is 1. The zero-order chi connectivity index (χ0) is 29.0. The number of fused-ring (bicyclic) bond motifs is 2. The lowest BCUT2D eigenvalue weighted by molar-refractivity contribution is -0.132. The Morgan fingerprint density at radius 1 is 1.12 bits per heavy atom. The second kappa shape index (κ2) is 10.4. The molecule has 2 N–H and O–H groups in total. The number of aromatic nitrogens is 3. The average Bonchev–Trinajstić information content (AvgIpc) is 3.57. The third-order valence-electron chi connectivity index (χ3n) is 8.11. The molecule has 0 radical (unpaired) electrons. The SMILES string of the molecule is C[C@@H](NC(=O)OC(C)(C)C)C(=O)N1C[C@H]2CC(C(=O)Nc3cc(-c4cnn5c4CC(C)(C)C5)c(Cl)cn3)C[C@H]2C1. The summed E-state index contributed by atoms with van der Waals surface area (Å²) in [6, 6.07) is 1.15. The highest BCUT2D eigenvalue weighted by Crippen LogP contribution is 2.43. The molecule has 2 fully saturated rings. The number of nitrogens with one attached hydrogen (secondary N) is 2. The van der Waals surface area contributed by atoms with E-state index in [1.807, 2.05) is 16.9 Å². The van der Waals surface area contributed by atoms with Crippen LogP contribution in [0.5, 0.6) is 0 Å². The Hall–Kier alpha value is -3.14. The zero-order valence-corrected chi connectivity index (χ0v) is 24.8. The summed E-state index contributed by atoms with van der Waals surface area (Å²) in [5, 5.41) is 10.7. The molecule has 1 aliphatic carbocycles. The van der Waals surface area contributed by atoms with Crippen molar-refractivity contribution in [3.63, 3.8) is 0 Å². The van der Waals surface area contributed by atoms with E-state index < -0.39 is 17.7 Å². The number of carbonyl (C=O) groups is 3. The first-order valence-electron chi connectivity index (χ1n) is 14.0. The third-order valence-corrected chi connectivity index (χ3v) is 8.41. The summed E-state index contributed by atoms with van der Waals surface area (Å²) in [7, 11) is 0. The molecule has 11 heteroatoms. The van der Waals surface area contributed by atoms with Gasteiger partial charge in [-0.3, -0.25) is 14.3 Å². The fourth-order valence-corrected chi connectivity index (χ4v) is 6.53. The number of likely N-dealkylation sites (tertiary alicyclic amines) is 1. The van der Waals surface area contributed by atoms with E-state index in [0.717, 1.165) is 29.8 Å². The normalized spacial score (nSPS) is 23.9. The summed E-state index contributed by atoms with van der Waals surface area (Å²) < 4.78 is 7.30. The van der Waals surface area contributed by atoms with Crippen molar-refractivity contribution in [3.8, 4) is 11.1 Å². The molecule has 216 valence electrons. The van der Waals surface area contributed by atoms with Crippen LogP contribution in [0.3, 0.4) is 0 Å². The Bertz CT molecular complexity index is 1320. The molecular formula is C29H39ClN6O4. The third kappa shape index (κ3) is 5.96. The molecule has 2 aliphatic heterocycles. The predicted octanol–water partition coefficient (Wildman–Crippen LogP) is 4.52. The van der Waals surface area contributed by atoms with Gasteiger partial charge < -0.3 is 20.3 Å². The van der Waals surface area contributed by atoms with Crippen LogP contribution in [0, 0.1) is 23.2 Å². The van der Waals surface area contributed by atoms with Gasteiger partial charge in [0.25, 0.3) is 0 Å². The van der Waals surface area contributed by atoms with Crippen molar-refractivity contribution in [1.82, 2.24) is 25.0 Å². The van der Waals surface area contributed by atoms with Gasteiger partial charge >= 0.3 is 6.09 Å². The lowest BCUT2D eigenvalue weighted by atomic mass is 9.89. The molecule has 1 saturated heterocycles. The Morgan fingerprint density at radius 3 is 2.45 bits per heavy atom. The molecule has 2 aromatic rings. The number of amides is 3. The molecule has 0 aromatic carbocycles. The largest absolute Gasteiger partial charge is 0.444 e. The lowest BCUT2D eigenvalue weighted by Crippen LogP contribution is -2.47. The number of alkyl carbamates (subject to hydrolysis) is 1. The van der Waals surface area contributed by atoms with Crippen LogP contribution in [0.2, 0.25) is 5.02 Å². The number of pyridine rings is 1. The molecule has 0 spiro atoms. The number of nitrogens with zero attached hydrogens (tertiary/aromatic N) is 4. The summed E-state index contributed by atoms with van der Waals surface area (Å²) >= 11 is 6.53. The molecule has 5 rings (SSSR count). The lowest BCUT2D eigenvalue weighted by Gasteiger charge is -2.25. The Kier molecular flexibility index (Phi) is 7.35. The van der Waals surface area contributed by atoms with Gasteiger partial charge in [-0.25, -0.2) is 9.78 Å². The number of hydrogen-bond acceptors (Lipinski definition) is 6. The van der Waals surface area contributed by atoms with Crippen LogP contribution in [0.15, 0.2) is 18.5 Å². The van der Waals surface area contributed by atoms with Crippen LogP contribution in [0.4, 0.5) is 10.6 Å². The summed E-state index contributed by atoms with van der Waals surface area (Å²) in [5.41, 5.74) is 2.45. The van der Waals surface area contributed by atoms with Gasteiger partial charge in [0.2, 0.25) is 11.8 Å². The Morgan fingerprint density at radius 2 is 1.80 bits per heavy atom. The van der Waals surface area contributed by atoms with Crippen LogP contribution in [0.25, 0.3) is 11.1 Å². The maximum Gasteiger partial charge on any atom is 0.408 e. The first-order valence-corrected chi connectivity index (χ1v) is 14.4. The van der Waals surface area contributed by atoms with E-state index in [4.69, 9.17) is 16.3 Å². The summed E-state index contributed by atoms with van der Waals surface area (Å²) in [6.45, 7) is 13.5. The molecule has 2 aromatic heterocycles. The van der Waals surface area contributed by atoms with Crippen molar-refractivity contribution >= 4 is 35.3 Å². The Balaban J connectivity index is 1.17. The first kappa shape index (κ1) is 28.4. The Labute approximate surface area is 240 Å². The van der Waals surface area contributed by atoms with E-state index in [2.05, 4.69) is 34.6 Å². The van der Waals surface area contributed by atoms with Gasteiger partial charge in [-0.1, -0.05) is 25.4 Å². The van der Waals surface area contributed by atoms with Gasteiger partial charge in [0.1, 0.15) is 17.5 Å². The van der Waals surface area contributed by atoms with Crippen molar-refractivity contribution in [2.45, 2.75) is 79.0 Å². The molecule has 3 aliphatic rings. The molecule has 10 nitrogen and oxygen atoms in total. The summed E-state index contributed by atoms with van der Waals surface area (Å²) in [5.74, 6) is 0.633. The molecule has 3 amide bonds. The van der Waals surface area contributed by atoms with Crippen LogP contribution >= 0.6 is 11.6 Å². The standard InChI is InChI=1S/C29H39ClN6O4/c1-16(33-27(39)40-28(2,3)4)26(38)35-13-18-7-17(8-19(18)14-35)25(37)34-24-9-20(22(30)12-31-24)21-11-32-36-15-29(5,6)10-23(21)36/h9,11-12,16-19H,7-8,10,13-15H2,1-6H3,(H,33,39)(H,31,34,37)/t16-,17?,18-,19+/m1/s1. The van der Waals surface area contributed by atoms with Gasteiger partial charge in [-0.15, -0.1) is 0 Å². The molecule has 1 unspecified atom stereocenters. The van der Waals surface area contributed by atoms with Crippen molar-refractivity contribution in [2.24, 2.45) is 23.2 Å². The minimum atomic E-state index is -0.679. The van der Waals surface area contributed by atoms with Gasteiger partial charge in [0, 0.05) is 48.6 Å². The van der Waals surface area contributed by atoms with Gasteiger partial charge in [-0.2, -0.15) is 5.10 Å². The van der Waals surface area contributed by atoms with E-state index >= 15 is 0 Å². The van der Waals surface area contributed by atoms with Gasteiger partial charge in [-0.05, 0) is 70.3 Å². The van der Waals surface area contributed by atoms with E-state index in [1.165, 1.54) is 0 Å². The van der Waals surface area contributed by atoms with E-state index in [1.54, 1.807) is 38.8 Å². The van der Waals surface area contributed by atoms with Crippen molar-refractivity contribution < 1.29 is 19.1 Å². The second-order valence-corrected chi connectivity index (χ2v) is 13.7. The highest BCUT2D eigenvalue weighted by molar-refractivity contribution is 6.33. The molecule has 4 atom stereocenters.